The summed E-state index contributed by atoms with van der Waals surface area (Å²) in [4.78, 5) is 26.3. The van der Waals surface area contributed by atoms with Crippen molar-refractivity contribution in [1.82, 2.24) is 9.80 Å². The highest BCUT2D eigenvalue weighted by atomic mass is 35.5. The van der Waals surface area contributed by atoms with Gasteiger partial charge in [-0.3, -0.25) is 15.0 Å². The fourth-order valence-electron chi connectivity index (χ4n) is 3.32. The highest BCUT2D eigenvalue weighted by Gasteiger charge is 2.27. The zero-order valence-electron chi connectivity index (χ0n) is 14.6. The maximum atomic E-state index is 11.2. The van der Waals surface area contributed by atoms with Gasteiger partial charge in [0.2, 0.25) is 0 Å². The lowest BCUT2D eigenvalue weighted by atomic mass is 10.1. The van der Waals surface area contributed by atoms with Crippen LogP contribution in [0.4, 0.5) is 9.80 Å². The Hall–Kier alpha value is -2.16. The van der Waals surface area contributed by atoms with E-state index >= 15 is 0 Å². The van der Waals surface area contributed by atoms with Gasteiger partial charge < -0.3 is 10.0 Å². The van der Waals surface area contributed by atoms with Crippen molar-refractivity contribution in [1.29, 1.82) is 0 Å². The number of nitrogens with zero attached hydrogens (tertiary/aromatic N) is 3. The summed E-state index contributed by atoms with van der Waals surface area (Å²) in [7, 11) is 0. The minimum Gasteiger partial charge on any atom is -0.465 e. The first-order chi connectivity index (χ1) is 12.9. The molecule has 7 nitrogen and oxygen atoms in total. The molecule has 0 bridgehead atoms. The minimum atomic E-state index is -0.879. The highest BCUT2D eigenvalue weighted by molar-refractivity contribution is 7.15. The molecule has 1 N–H and O–H groups in total. The number of halogens is 1. The van der Waals surface area contributed by atoms with Crippen LogP contribution in [-0.2, 0) is 13.1 Å². The highest BCUT2D eigenvalue weighted by Crippen LogP contribution is 2.27. The fourth-order valence-corrected chi connectivity index (χ4v) is 4.31. The molecule has 1 atom stereocenters. The van der Waals surface area contributed by atoms with Crippen LogP contribution in [0.5, 0.6) is 0 Å². The smallest absolute Gasteiger partial charge is 0.407 e. The number of carbonyl (C=O) groups is 1. The lowest BCUT2D eigenvalue weighted by Crippen LogP contribution is -2.32. The second-order valence-corrected chi connectivity index (χ2v) is 8.26. The van der Waals surface area contributed by atoms with Gasteiger partial charge in [0.15, 0.2) is 0 Å². The zero-order valence-corrected chi connectivity index (χ0v) is 16.2. The standard InChI is InChI=1S/C18H20ClN3O4S/c19-15-3-1-13(2-4-15)9-20(10-14-7-8-21(11-14)18(23)24)12-16-5-6-17(27-16)22(25)26/h1-6,14H,7-12H2,(H,23,24)/t14-/m0/s1. The van der Waals surface area contributed by atoms with Crippen LogP contribution in [-0.4, -0.2) is 45.6 Å². The van der Waals surface area contributed by atoms with E-state index < -0.39 is 6.09 Å². The summed E-state index contributed by atoms with van der Waals surface area (Å²) in [5, 5.41) is 20.9. The molecule has 3 rings (SSSR count). The molecule has 0 radical (unpaired) electrons. The Morgan fingerprint density at radius 3 is 2.63 bits per heavy atom. The van der Waals surface area contributed by atoms with Crippen molar-refractivity contribution in [2.75, 3.05) is 19.6 Å². The Labute approximate surface area is 165 Å². The topological polar surface area (TPSA) is 86.9 Å². The summed E-state index contributed by atoms with van der Waals surface area (Å²) in [6.45, 7) is 3.07. The van der Waals surface area contributed by atoms with Crippen LogP contribution in [0.1, 0.15) is 16.9 Å². The molecule has 2 aromatic rings. The number of amides is 1. The van der Waals surface area contributed by atoms with Gasteiger partial charge in [-0.15, -0.1) is 0 Å². The molecule has 2 heterocycles. The van der Waals surface area contributed by atoms with Crippen LogP contribution in [0.15, 0.2) is 36.4 Å². The number of thiophene rings is 1. The van der Waals surface area contributed by atoms with Crippen molar-refractivity contribution in [3.8, 4) is 0 Å². The third-order valence-electron chi connectivity index (χ3n) is 4.60. The first-order valence-electron chi connectivity index (χ1n) is 8.58. The summed E-state index contributed by atoms with van der Waals surface area (Å²) in [6, 6.07) is 10.9. The Kier molecular flexibility index (Phi) is 6.30. The van der Waals surface area contributed by atoms with Gasteiger partial charge in [-0.1, -0.05) is 35.1 Å². The average Bonchev–Trinajstić information content (AvgIpc) is 3.26. The van der Waals surface area contributed by atoms with E-state index in [4.69, 9.17) is 16.7 Å². The first-order valence-corrected chi connectivity index (χ1v) is 9.78. The van der Waals surface area contributed by atoms with Gasteiger partial charge in [0.1, 0.15) is 0 Å². The monoisotopic (exact) mass is 409 g/mol. The molecule has 1 aromatic carbocycles. The zero-order chi connectivity index (χ0) is 19.4. The molecular weight excluding hydrogens is 390 g/mol. The normalized spacial score (nSPS) is 16.8. The van der Waals surface area contributed by atoms with Gasteiger partial charge >= 0.3 is 11.1 Å². The van der Waals surface area contributed by atoms with Crippen molar-refractivity contribution in [3.05, 3.63) is 62.0 Å². The van der Waals surface area contributed by atoms with Crippen LogP contribution >= 0.6 is 22.9 Å². The minimum absolute atomic E-state index is 0.134. The summed E-state index contributed by atoms with van der Waals surface area (Å²) in [6.07, 6.45) is -0.0517. The molecular formula is C18H20ClN3O4S. The van der Waals surface area contributed by atoms with E-state index in [1.54, 1.807) is 6.07 Å². The number of nitro groups is 1. The molecule has 1 aromatic heterocycles. The van der Waals surface area contributed by atoms with E-state index in [2.05, 4.69) is 4.90 Å². The molecule has 9 heteroatoms. The van der Waals surface area contributed by atoms with Gasteiger partial charge in [-0.2, -0.15) is 0 Å². The summed E-state index contributed by atoms with van der Waals surface area (Å²) < 4.78 is 0. The maximum absolute atomic E-state index is 11.2. The molecule has 27 heavy (non-hydrogen) atoms. The van der Waals surface area contributed by atoms with Gasteiger partial charge in [-0.05, 0) is 36.1 Å². The van der Waals surface area contributed by atoms with Gasteiger partial charge in [0, 0.05) is 48.7 Å². The summed E-state index contributed by atoms with van der Waals surface area (Å²) in [5.74, 6) is 0.253. The molecule has 0 aliphatic carbocycles. The van der Waals surface area contributed by atoms with Crippen LogP contribution in [0.3, 0.4) is 0 Å². The Morgan fingerprint density at radius 2 is 2.04 bits per heavy atom. The molecule has 0 saturated carbocycles. The van der Waals surface area contributed by atoms with Crippen molar-refractivity contribution in [2.24, 2.45) is 5.92 Å². The average molecular weight is 410 g/mol. The Bertz CT molecular complexity index is 811. The van der Waals surface area contributed by atoms with Crippen molar-refractivity contribution in [2.45, 2.75) is 19.5 Å². The van der Waals surface area contributed by atoms with E-state index in [1.807, 2.05) is 24.3 Å². The van der Waals surface area contributed by atoms with Crippen LogP contribution in [0, 0.1) is 16.0 Å². The van der Waals surface area contributed by atoms with E-state index in [0.29, 0.717) is 31.2 Å². The summed E-state index contributed by atoms with van der Waals surface area (Å²) >= 11 is 7.14. The summed E-state index contributed by atoms with van der Waals surface area (Å²) in [5.41, 5.74) is 1.10. The molecule has 1 aliphatic heterocycles. The number of likely N-dealkylation sites (tertiary alicyclic amines) is 1. The van der Waals surface area contributed by atoms with Gasteiger partial charge in [-0.25, -0.2) is 4.79 Å². The number of rotatable bonds is 7. The molecule has 0 spiro atoms. The first kappa shape index (κ1) is 19.6. The molecule has 144 valence electrons. The van der Waals surface area contributed by atoms with E-state index in [0.717, 1.165) is 23.4 Å². The molecule has 1 saturated heterocycles. The lowest BCUT2D eigenvalue weighted by molar-refractivity contribution is -0.380. The van der Waals surface area contributed by atoms with Crippen LogP contribution in [0.25, 0.3) is 0 Å². The molecule has 0 unspecified atom stereocenters. The Morgan fingerprint density at radius 1 is 1.30 bits per heavy atom. The third-order valence-corrected chi connectivity index (χ3v) is 5.87. The van der Waals surface area contributed by atoms with E-state index in [9.17, 15) is 14.9 Å². The number of hydrogen-bond acceptors (Lipinski definition) is 5. The predicted molar refractivity (Wildman–Crippen MR) is 104 cm³/mol. The largest absolute Gasteiger partial charge is 0.465 e. The SMILES string of the molecule is O=C(O)N1CC[C@@H](CN(Cc2ccc(Cl)cc2)Cc2ccc([N+](=O)[O-])s2)C1. The number of hydrogen-bond donors (Lipinski definition) is 1. The van der Waals surface area contributed by atoms with Crippen LogP contribution < -0.4 is 0 Å². The van der Waals surface area contributed by atoms with E-state index in [1.165, 1.54) is 22.3 Å². The van der Waals surface area contributed by atoms with Crippen molar-refractivity contribution in [3.63, 3.8) is 0 Å². The number of benzene rings is 1. The fraction of sp³-hybridized carbons (Fsp3) is 0.389. The van der Waals surface area contributed by atoms with Crippen molar-refractivity contribution < 1.29 is 14.8 Å². The third kappa shape index (κ3) is 5.41. The quantitative estimate of drug-likeness (QED) is 0.543. The molecule has 1 aliphatic rings. The van der Waals surface area contributed by atoms with Crippen molar-refractivity contribution >= 4 is 34.0 Å². The van der Waals surface area contributed by atoms with Gasteiger partial charge in [0.25, 0.3) is 0 Å². The molecule has 1 amide bonds. The number of carboxylic acid groups (broad SMARTS) is 1. The predicted octanol–water partition coefficient (Wildman–Crippen LogP) is 4.31. The van der Waals surface area contributed by atoms with Crippen LogP contribution in [0.2, 0.25) is 5.02 Å². The second-order valence-electron chi connectivity index (χ2n) is 6.68. The Balaban J connectivity index is 1.70. The second kappa shape index (κ2) is 8.69. The van der Waals surface area contributed by atoms with E-state index in [-0.39, 0.29) is 15.8 Å². The van der Waals surface area contributed by atoms with Gasteiger partial charge in [0.05, 0.1) is 4.92 Å². The lowest BCUT2D eigenvalue weighted by Gasteiger charge is -2.25. The maximum Gasteiger partial charge on any atom is 0.407 e. The molecule has 1 fully saturated rings.